The topological polar surface area (TPSA) is 121 Å². The quantitative estimate of drug-likeness (QED) is 0.749. The van der Waals surface area contributed by atoms with Crippen LogP contribution in [0.3, 0.4) is 0 Å². The van der Waals surface area contributed by atoms with Crippen LogP contribution in [0.2, 0.25) is 0 Å². The average molecular weight is 420 g/mol. The Bertz CT molecular complexity index is 1110. The summed E-state index contributed by atoms with van der Waals surface area (Å²) in [5.41, 5.74) is -0.315. The molecule has 10 heteroatoms. The number of hydrogen-bond donors (Lipinski definition) is 2. The molecular formula is C19H24N4O5S. The molecule has 1 aromatic carbocycles. The molecule has 2 aromatic rings. The van der Waals surface area contributed by atoms with Crippen molar-refractivity contribution < 1.29 is 13.2 Å². The molecule has 2 heterocycles. The van der Waals surface area contributed by atoms with Crippen LogP contribution in [0.15, 0.2) is 44.9 Å². The zero-order valence-electron chi connectivity index (χ0n) is 16.2. The van der Waals surface area contributed by atoms with E-state index < -0.39 is 27.2 Å². The number of amides is 1. The van der Waals surface area contributed by atoms with Crippen LogP contribution < -0.4 is 16.6 Å². The number of aromatic nitrogens is 2. The van der Waals surface area contributed by atoms with Gasteiger partial charge in [0.25, 0.3) is 5.56 Å². The Balaban J connectivity index is 1.80. The first-order valence-corrected chi connectivity index (χ1v) is 10.9. The number of anilines is 1. The predicted octanol–water partition coefficient (Wildman–Crippen LogP) is 1.05. The summed E-state index contributed by atoms with van der Waals surface area (Å²) in [6, 6.07) is 5.85. The van der Waals surface area contributed by atoms with Crippen LogP contribution in [0.5, 0.6) is 0 Å². The van der Waals surface area contributed by atoms with E-state index in [9.17, 15) is 22.8 Å². The second kappa shape index (κ2) is 8.75. The Kier molecular flexibility index (Phi) is 6.33. The minimum Gasteiger partial charge on any atom is -0.324 e. The van der Waals surface area contributed by atoms with Gasteiger partial charge in [0.1, 0.15) is 6.54 Å². The Morgan fingerprint density at radius 1 is 1.10 bits per heavy atom. The number of H-pyrrole nitrogens is 1. The van der Waals surface area contributed by atoms with Crippen LogP contribution in [0.4, 0.5) is 5.69 Å². The minimum absolute atomic E-state index is 0.165. The van der Waals surface area contributed by atoms with Crippen molar-refractivity contribution >= 4 is 21.6 Å². The van der Waals surface area contributed by atoms with Crippen LogP contribution in [-0.4, -0.2) is 41.3 Å². The maximum Gasteiger partial charge on any atom is 0.328 e. The maximum absolute atomic E-state index is 13.1. The molecule has 1 aliphatic rings. The number of aromatic amines is 1. The lowest BCUT2D eigenvalue weighted by atomic mass is 10.2. The number of hydrogen-bond acceptors (Lipinski definition) is 5. The number of nitrogens with zero attached hydrogens (tertiary/aromatic N) is 2. The van der Waals surface area contributed by atoms with Gasteiger partial charge in [-0.1, -0.05) is 18.9 Å². The molecule has 0 bridgehead atoms. The van der Waals surface area contributed by atoms with E-state index in [2.05, 4.69) is 10.3 Å². The number of carbonyl (C=O) groups excluding carboxylic acids is 1. The molecule has 9 nitrogen and oxygen atoms in total. The SMILES string of the molecule is Cc1ccc(NC(=O)Cn2ccc(=O)[nH]c2=O)cc1S(=O)(=O)N1CCCCCC1. The zero-order chi connectivity index (χ0) is 21.0. The molecule has 29 heavy (non-hydrogen) atoms. The van der Waals surface area contributed by atoms with Crippen molar-refractivity contribution in [1.29, 1.82) is 0 Å². The number of rotatable bonds is 5. The summed E-state index contributed by atoms with van der Waals surface area (Å²) in [7, 11) is -3.66. The van der Waals surface area contributed by atoms with Crippen LogP contribution in [0.1, 0.15) is 31.2 Å². The molecule has 0 unspecified atom stereocenters. The Morgan fingerprint density at radius 2 is 1.79 bits per heavy atom. The lowest BCUT2D eigenvalue weighted by Gasteiger charge is -2.21. The summed E-state index contributed by atoms with van der Waals surface area (Å²) in [6.07, 6.45) is 4.94. The minimum atomic E-state index is -3.66. The third-order valence-electron chi connectivity index (χ3n) is 4.87. The average Bonchev–Trinajstić information content (AvgIpc) is 2.95. The van der Waals surface area contributed by atoms with Crippen molar-refractivity contribution in [1.82, 2.24) is 13.9 Å². The second-order valence-electron chi connectivity index (χ2n) is 7.08. The lowest BCUT2D eigenvalue weighted by Crippen LogP contribution is -2.33. The summed E-state index contributed by atoms with van der Waals surface area (Å²) >= 11 is 0. The van der Waals surface area contributed by atoms with Crippen molar-refractivity contribution in [2.24, 2.45) is 0 Å². The molecule has 1 fully saturated rings. The third kappa shape index (κ3) is 5.01. The van der Waals surface area contributed by atoms with Crippen LogP contribution >= 0.6 is 0 Å². The van der Waals surface area contributed by atoms with Crippen molar-refractivity contribution in [2.45, 2.75) is 44.0 Å². The first-order valence-electron chi connectivity index (χ1n) is 9.48. The summed E-state index contributed by atoms with van der Waals surface area (Å²) in [6.45, 7) is 2.40. The highest BCUT2D eigenvalue weighted by Gasteiger charge is 2.27. The number of aryl methyl sites for hydroxylation is 1. The first kappa shape index (κ1) is 21.0. The van der Waals surface area contributed by atoms with Gasteiger partial charge in [0, 0.05) is 31.0 Å². The van der Waals surface area contributed by atoms with Gasteiger partial charge in [-0.25, -0.2) is 13.2 Å². The molecule has 2 N–H and O–H groups in total. The van der Waals surface area contributed by atoms with Crippen molar-refractivity contribution in [2.75, 3.05) is 18.4 Å². The highest BCUT2D eigenvalue weighted by molar-refractivity contribution is 7.89. The molecule has 0 saturated carbocycles. The molecular weight excluding hydrogens is 396 g/mol. The fourth-order valence-corrected chi connectivity index (χ4v) is 5.07. The summed E-state index contributed by atoms with van der Waals surface area (Å²) in [5.74, 6) is -0.513. The normalized spacial score (nSPS) is 15.6. The van der Waals surface area contributed by atoms with E-state index in [-0.39, 0.29) is 11.4 Å². The molecule has 0 spiro atoms. The van der Waals surface area contributed by atoms with Crippen LogP contribution in [-0.2, 0) is 21.4 Å². The second-order valence-corrected chi connectivity index (χ2v) is 8.99. The molecule has 1 saturated heterocycles. The Morgan fingerprint density at radius 3 is 2.45 bits per heavy atom. The Labute approximate surface area is 168 Å². The van der Waals surface area contributed by atoms with E-state index in [0.717, 1.165) is 36.3 Å². The molecule has 0 aliphatic carbocycles. The summed E-state index contributed by atoms with van der Waals surface area (Å²) in [4.78, 5) is 37.3. The smallest absolute Gasteiger partial charge is 0.324 e. The van der Waals surface area contributed by atoms with Gasteiger partial charge in [-0.05, 0) is 37.5 Å². The fraction of sp³-hybridized carbons (Fsp3) is 0.421. The Hall–Kier alpha value is -2.72. The van der Waals surface area contributed by atoms with Gasteiger partial charge in [0.05, 0.1) is 4.90 Å². The van der Waals surface area contributed by atoms with Gasteiger partial charge >= 0.3 is 5.69 Å². The molecule has 1 aliphatic heterocycles. The summed E-state index contributed by atoms with van der Waals surface area (Å²) in [5, 5.41) is 2.61. The van der Waals surface area contributed by atoms with E-state index in [4.69, 9.17) is 0 Å². The monoisotopic (exact) mass is 420 g/mol. The van der Waals surface area contributed by atoms with Gasteiger partial charge in [0.2, 0.25) is 15.9 Å². The van der Waals surface area contributed by atoms with Gasteiger partial charge in [-0.15, -0.1) is 0 Å². The first-order chi connectivity index (χ1) is 13.8. The van der Waals surface area contributed by atoms with Gasteiger partial charge < -0.3 is 5.32 Å². The molecule has 156 valence electrons. The predicted molar refractivity (Wildman–Crippen MR) is 108 cm³/mol. The van der Waals surface area contributed by atoms with Crippen molar-refractivity contribution in [3.63, 3.8) is 0 Å². The number of carbonyl (C=O) groups is 1. The van der Waals surface area contributed by atoms with E-state index >= 15 is 0 Å². The highest BCUT2D eigenvalue weighted by atomic mass is 32.2. The number of nitrogens with one attached hydrogen (secondary N) is 2. The molecule has 1 amide bonds. The fourth-order valence-electron chi connectivity index (χ4n) is 3.30. The van der Waals surface area contributed by atoms with Crippen molar-refractivity contribution in [3.05, 3.63) is 56.9 Å². The summed E-state index contributed by atoms with van der Waals surface area (Å²) < 4.78 is 28.8. The van der Waals surface area contributed by atoms with E-state index in [1.807, 2.05) is 0 Å². The number of benzene rings is 1. The maximum atomic E-state index is 13.1. The molecule has 0 atom stereocenters. The largest absolute Gasteiger partial charge is 0.328 e. The third-order valence-corrected chi connectivity index (χ3v) is 6.91. The molecule has 1 aromatic heterocycles. The van der Waals surface area contributed by atoms with E-state index in [0.29, 0.717) is 24.3 Å². The lowest BCUT2D eigenvalue weighted by molar-refractivity contribution is -0.116. The standard InChI is InChI=1S/C19H24N4O5S/c1-14-6-7-15(20-18(25)13-22-11-8-17(24)21-19(22)26)12-16(14)29(27,28)23-9-4-2-3-5-10-23/h6-8,11-12H,2-5,9-10,13H2,1H3,(H,20,25)(H,21,24,26). The van der Waals surface area contributed by atoms with E-state index in [1.54, 1.807) is 19.1 Å². The number of sulfonamides is 1. The van der Waals surface area contributed by atoms with Crippen LogP contribution in [0.25, 0.3) is 0 Å². The van der Waals surface area contributed by atoms with Crippen molar-refractivity contribution in [3.8, 4) is 0 Å². The van der Waals surface area contributed by atoms with Gasteiger partial charge in [-0.2, -0.15) is 4.31 Å². The van der Waals surface area contributed by atoms with Gasteiger partial charge in [-0.3, -0.25) is 19.1 Å². The molecule has 3 rings (SSSR count). The van der Waals surface area contributed by atoms with E-state index in [1.165, 1.54) is 16.6 Å². The van der Waals surface area contributed by atoms with Gasteiger partial charge in [0.15, 0.2) is 0 Å². The highest BCUT2D eigenvalue weighted by Crippen LogP contribution is 2.25. The van der Waals surface area contributed by atoms with Crippen LogP contribution in [0, 0.1) is 6.92 Å². The molecule has 0 radical (unpaired) electrons. The zero-order valence-corrected chi connectivity index (χ0v) is 17.0.